The maximum Gasteiger partial charge on any atom is 0.213 e. The predicted octanol–water partition coefficient (Wildman–Crippen LogP) is 11.9. The first-order chi connectivity index (χ1) is 28.1. The number of rotatable bonds is 12. The summed E-state index contributed by atoms with van der Waals surface area (Å²) in [7, 11) is 1.62. The molecule has 280 valence electrons. The summed E-state index contributed by atoms with van der Waals surface area (Å²) in [5.41, 5.74) is 0.871. The molecule has 0 heterocycles. The van der Waals surface area contributed by atoms with E-state index in [0.717, 1.165) is 5.75 Å². The number of hydrogen-bond acceptors (Lipinski definition) is 6. The van der Waals surface area contributed by atoms with Crippen molar-refractivity contribution in [2.75, 3.05) is 7.11 Å². The van der Waals surface area contributed by atoms with Gasteiger partial charge in [-0.3, -0.25) is 0 Å². The van der Waals surface area contributed by atoms with Crippen molar-refractivity contribution >= 4 is 16.9 Å². The number of carbonyl (C=O) groups is 1. The lowest BCUT2D eigenvalue weighted by atomic mass is 9.97. The Hall–Kier alpha value is -7.22. The van der Waals surface area contributed by atoms with Gasteiger partial charge in [-0.25, -0.2) is 0 Å². The van der Waals surface area contributed by atoms with Gasteiger partial charge >= 0.3 is 0 Å². The van der Waals surface area contributed by atoms with Gasteiger partial charge < -0.3 is 28.8 Å². The summed E-state index contributed by atoms with van der Waals surface area (Å²) in [6, 6.07) is 67.5. The number of carboxylic acid groups (broad SMARTS) is 1. The molecule has 0 radical (unpaired) electrons. The molecule has 0 fully saturated rings. The zero-order chi connectivity index (χ0) is 39.2. The Morgan fingerprint density at radius 3 is 1.26 bits per heavy atom. The van der Waals surface area contributed by atoms with E-state index in [-0.39, 0.29) is 33.7 Å². The summed E-state index contributed by atoms with van der Waals surface area (Å²) in [5.74, 6) is 1.69. The highest BCUT2D eigenvalue weighted by atomic mass is 32.2. The molecule has 0 N–H and O–H groups in total. The molecular weight excluding hydrogens is 729 g/mol. The zero-order valence-corrected chi connectivity index (χ0v) is 31.9. The Bertz CT molecular complexity index is 2430. The predicted molar refractivity (Wildman–Crippen MR) is 224 cm³/mol. The Morgan fingerprint density at radius 1 is 0.439 bits per heavy atom. The summed E-state index contributed by atoms with van der Waals surface area (Å²) >= 11 is 0. The molecule has 0 amide bonds. The molecule has 57 heavy (non-hydrogen) atoms. The van der Waals surface area contributed by atoms with Crippen molar-refractivity contribution in [1.29, 1.82) is 0 Å². The van der Waals surface area contributed by atoms with Crippen LogP contribution in [0.25, 0.3) is 11.1 Å². The van der Waals surface area contributed by atoms with E-state index in [1.807, 2.05) is 97.1 Å². The van der Waals surface area contributed by atoms with Crippen molar-refractivity contribution < 1.29 is 28.8 Å². The summed E-state index contributed by atoms with van der Waals surface area (Å²) < 4.78 is 24.1. The highest BCUT2D eigenvalue weighted by molar-refractivity contribution is 7.97. The Balaban J connectivity index is 0.000000200. The number of ether oxygens (including phenoxy) is 4. The van der Waals surface area contributed by atoms with Gasteiger partial charge in [-0.05, 0) is 96.6 Å². The smallest absolute Gasteiger partial charge is 0.213 e. The lowest BCUT2D eigenvalue weighted by Crippen LogP contribution is -2.23. The van der Waals surface area contributed by atoms with E-state index in [9.17, 15) is 9.90 Å². The van der Waals surface area contributed by atoms with Crippen molar-refractivity contribution in [1.82, 2.24) is 0 Å². The van der Waals surface area contributed by atoms with Crippen LogP contribution in [0.3, 0.4) is 0 Å². The molecular formula is C50H38O6S. The number of methoxy groups -OCH3 is 1. The lowest BCUT2D eigenvalue weighted by Gasteiger charge is -2.23. The van der Waals surface area contributed by atoms with Crippen LogP contribution < -0.4 is 24.1 Å². The van der Waals surface area contributed by atoms with Crippen LogP contribution in [0, 0.1) is 0 Å². The molecule has 8 rings (SSSR count). The summed E-state index contributed by atoms with van der Waals surface area (Å²) in [6.45, 7) is 0. The molecule has 7 heteroatoms. The van der Waals surface area contributed by atoms with Crippen molar-refractivity contribution in [3.8, 4) is 51.4 Å². The average molecular weight is 767 g/mol. The third kappa shape index (κ3) is 9.72. The van der Waals surface area contributed by atoms with E-state index in [4.69, 9.17) is 18.9 Å². The van der Waals surface area contributed by atoms with Gasteiger partial charge in [0.1, 0.15) is 23.0 Å². The Kier molecular flexibility index (Phi) is 12.6. The number of benzene rings is 8. The second-order valence-electron chi connectivity index (χ2n) is 12.5. The van der Waals surface area contributed by atoms with Gasteiger partial charge in [0.2, 0.25) is 5.75 Å². The summed E-state index contributed by atoms with van der Waals surface area (Å²) in [6.07, 6.45) is 0. The third-order valence-electron chi connectivity index (χ3n) is 8.63. The Labute approximate surface area is 335 Å². The van der Waals surface area contributed by atoms with Crippen LogP contribution in [0.1, 0.15) is 10.4 Å². The minimum absolute atomic E-state index is 0.0804. The van der Waals surface area contributed by atoms with Crippen LogP contribution in [-0.2, 0) is 10.9 Å². The fourth-order valence-electron chi connectivity index (χ4n) is 6.00. The second-order valence-corrected chi connectivity index (χ2v) is 14.5. The highest BCUT2D eigenvalue weighted by Gasteiger charge is 2.28. The van der Waals surface area contributed by atoms with E-state index >= 15 is 0 Å². The molecule has 0 aliphatic rings. The highest BCUT2D eigenvalue weighted by Crippen LogP contribution is 2.51. The first-order valence-electron chi connectivity index (χ1n) is 18.2. The summed E-state index contributed by atoms with van der Waals surface area (Å²) in [5, 5.41) is 12.4. The largest absolute Gasteiger partial charge is 0.545 e. The number of para-hydroxylation sites is 3. The quantitative estimate of drug-likeness (QED) is 0.115. The molecule has 0 aliphatic carbocycles. The number of carbonyl (C=O) groups excluding carboxylic acids is 1. The van der Waals surface area contributed by atoms with Gasteiger partial charge in [-0.1, -0.05) is 121 Å². The minimum Gasteiger partial charge on any atom is -0.545 e. The zero-order valence-electron chi connectivity index (χ0n) is 31.1. The van der Waals surface area contributed by atoms with E-state index < -0.39 is 5.97 Å². The van der Waals surface area contributed by atoms with Gasteiger partial charge in [0.05, 0.1) is 24.0 Å². The first kappa shape index (κ1) is 38.1. The second kappa shape index (κ2) is 18.9. The molecule has 0 unspecified atom stereocenters. The van der Waals surface area contributed by atoms with Crippen LogP contribution in [-0.4, -0.2) is 13.1 Å². The van der Waals surface area contributed by atoms with Gasteiger partial charge in [-0.15, -0.1) is 0 Å². The standard InChI is InChI=1S/C31H22O5.C19H17OS/c32-31(33)26-21-27(34-23-15-7-2-8-16-23)29(35-24-17-9-3-10-18-24)30(36-25-19-11-4-12-20-25)28(26)22-13-5-1-6-14-22;1-20-16-12-14-19(15-13-16)21(17-8-4-2-5-9-17)18-10-6-3-7-11-18/h1-21H,(H,32,33);2-15H,1H3/q;+1/p-1. The van der Waals surface area contributed by atoms with Crippen LogP contribution in [0.4, 0.5) is 0 Å². The van der Waals surface area contributed by atoms with Crippen molar-refractivity contribution in [3.63, 3.8) is 0 Å². The van der Waals surface area contributed by atoms with Gasteiger partial charge in [0, 0.05) is 11.1 Å². The lowest BCUT2D eigenvalue weighted by molar-refractivity contribution is -0.255. The topological polar surface area (TPSA) is 77.1 Å². The molecule has 8 aromatic rings. The molecule has 6 nitrogen and oxygen atoms in total. The minimum atomic E-state index is -1.36. The fourth-order valence-corrected chi connectivity index (χ4v) is 8.08. The van der Waals surface area contributed by atoms with Gasteiger partial charge in [-0.2, -0.15) is 0 Å². The Morgan fingerprint density at radius 2 is 0.825 bits per heavy atom. The van der Waals surface area contributed by atoms with Crippen LogP contribution in [0.2, 0.25) is 0 Å². The van der Waals surface area contributed by atoms with Crippen LogP contribution in [0.5, 0.6) is 40.2 Å². The molecule has 0 saturated heterocycles. The number of aromatic carboxylic acids is 1. The average Bonchev–Trinajstić information content (AvgIpc) is 3.27. The maximum absolute atomic E-state index is 12.4. The van der Waals surface area contributed by atoms with Crippen molar-refractivity contribution in [2.24, 2.45) is 0 Å². The number of hydrogen-bond donors (Lipinski definition) is 0. The van der Waals surface area contributed by atoms with Crippen LogP contribution >= 0.6 is 0 Å². The SMILES string of the molecule is COc1ccc([S+](c2ccccc2)c2ccccc2)cc1.O=C([O-])c1cc(Oc2ccccc2)c(Oc2ccccc2)c(Oc2ccccc2)c1-c1ccccc1. The van der Waals surface area contributed by atoms with E-state index in [1.54, 1.807) is 43.5 Å². The molecule has 8 aromatic carbocycles. The normalized spacial score (nSPS) is 10.5. The molecule has 0 aromatic heterocycles. The third-order valence-corrected chi connectivity index (χ3v) is 10.9. The number of carboxylic acids is 1. The fraction of sp³-hybridized carbons (Fsp3) is 0.0200. The molecule has 0 bridgehead atoms. The van der Waals surface area contributed by atoms with E-state index in [2.05, 4.69) is 72.8 Å². The molecule has 0 saturated carbocycles. The first-order valence-corrected chi connectivity index (χ1v) is 19.4. The van der Waals surface area contributed by atoms with Gasteiger partial charge in [0.25, 0.3) is 0 Å². The summed E-state index contributed by atoms with van der Waals surface area (Å²) in [4.78, 5) is 16.4. The van der Waals surface area contributed by atoms with Crippen molar-refractivity contribution in [2.45, 2.75) is 14.7 Å². The monoisotopic (exact) mass is 766 g/mol. The molecule has 0 aliphatic heterocycles. The van der Waals surface area contributed by atoms with E-state index in [1.165, 1.54) is 20.8 Å². The molecule has 0 spiro atoms. The van der Waals surface area contributed by atoms with Crippen LogP contribution in [0.15, 0.2) is 227 Å². The molecule has 0 atom stereocenters. The van der Waals surface area contributed by atoms with Crippen molar-refractivity contribution in [3.05, 3.63) is 218 Å². The van der Waals surface area contributed by atoms with Gasteiger partial charge in [0.15, 0.2) is 26.2 Å². The maximum atomic E-state index is 12.4. The van der Waals surface area contributed by atoms with E-state index in [0.29, 0.717) is 28.4 Å².